The minimum atomic E-state index is -0.176. The topological polar surface area (TPSA) is 58.6 Å². The van der Waals surface area contributed by atoms with Gasteiger partial charge < -0.3 is 15.0 Å². The van der Waals surface area contributed by atoms with E-state index in [9.17, 15) is 9.59 Å². The summed E-state index contributed by atoms with van der Waals surface area (Å²) >= 11 is 0. The van der Waals surface area contributed by atoms with Crippen LogP contribution in [-0.4, -0.2) is 49.1 Å². The molecular formula is C15H28N2O3. The Morgan fingerprint density at radius 3 is 2.85 bits per heavy atom. The maximum Gasteiger partial charge on any atom is 0.225 e. The number of nitrogens with zero attached hydrogens (tertiary/aromatic N) is 1. The van der Waals surface area contributed by atoms with E-state index in [0.717, 1.165) is 25.8 Å². The first kappa shape index (κ1) is 17.0. The fourth-order valence-corrected chi connectivity index (χ4v) is 2.26. The van der Waals surface area contributed by atoms with Gasteiger partial charge in [0, 0.05) is 32.7 Å². The van der Waals surface area contributed by atoms with Gasteiger partial charge in [0.15, 0.2) is 0 Å². The van der Waals surface area contributed by atoms with Crippen molar-refractivity contribution in [1.82, 2.24) is 10.2 Å². The van der Waals surface area contributed by atoms with Gasteiger partial charge in [-0.05, 0) is 26.7 Å². The first-order valence-electron chi connectivity index (χ1n) is 7.71. The summed E-state index contributed by atoms with van der Waals surface area (Å²) in [5.74, 6) is -0.0611. The molecule has 0 spiro atoms. The first-order chi connectivity index (χ1) is 9.54. The third-order valence-electron chi connectivity index (χ3n) is 3.44. The van der Waals surface area contributed by atoms with Crippen LogP contribution in [0.1, 0.15) is 46.5 Å². The number of carbonyl (C=O) groups excluding carboxylic acids is 2. The Morgan fingerprint density at radius 1 is 1.45 bits per heavy atom. The summed E-state index contributed by atoms with van der Waals surface area (Å²) in [6.07, 6.45) is 3.47. The van der Waals surface area contributed by atoms with Gasteiger partial charge in [-0.3, -0.25) is 9.59 Å². The number of hydrogen-bond donors (Lipinski definition) is 1. The molecule has 116 valence electrons. The summed E-state index contributed by atoms with van der Waals surface area (Å²) in [5, 5.41) is 2.90. The second-order valence-electron chi connectivity index (χ2n) is 5.66. The Morgan fingerprint density at radius 2 is 2.20 bits per heavy atom. The standard InChI is InChI=1S/C15H28N2O3/c1-4-5-8-17-11-13(10-14(17)18)15(19)16-7-6-9-20-12(2)3/h12-13H,4-11H2,1-3H3,(H,16,19). The van der Waals surface area contributed by atoms with Crippen LogP contribution in [0, 0.1) is 5.92 Å². The fraction of sp³-hybridized carbons (Fsp3) is 0.867. The summed E-state index contributed by atoms with van der Waals surface area (Å²) in [7, 11) is 0. The van der Waals surface area contributed by atoms with Crippen molar-refractivity contribution in [2.45, 2.75) is 52.6 Å². The van der Waals surface area contributed by atoms with Crippen LogP contribution in [0.25, 0.3) is 0 Å². The van der Waals surface area contributed by atoms with Gasteiger partial charge in [-0.25, -0.2) is 0 Å². The molecule has 0 aromatic heterocycles. The predicted octanol–water partition coefficient (Wildman–Crippen LogP) is 1.57. The second kappa shape index (κ2) is 8.95. The molecule has 1 N–H and O–H groups in total. The summed E-state index contributed by atoms with van der Waals surface area (Å²) in [6, 6.07) is 0. The van der Waals surface area contributed by atoms with E-state index >= 15 is 0 Å². The van der Waals surface area contributed by atoms with Crippen molar-refractivity contribution in [3.8, 4) is 0 Å². The SMILES string of the molecule is CCCCN1CC(C(=O)NCCCOC(C)C)CC1=O. The summed E-state index contributed by atoms with van der Waals surface area (Å²) in [4.78, 5) is 25.6. The number of amides is 2. The van der Waals surface area contributed by atoms with E-state index in [-0.39, 0.29) is 23.8 Å². The Bertz CT molecular complexity index is 318. The lowest BCUT2D eigenvalue weighted by atomic mass is 10.1. The lowest BCUT2D eigenvalue weighted by Gasteiger charge is -2.16. The zero-order chi connectivity index (χ0) is 15.0. The minimum Gasteiger partial charge on any atom is -0.379 e. The highest BCUT2D eigenvalue weighted by molar-refractivity contribution is 5.89. The zero-order valence-corrected chi connectivity index (χ0v) is 13.0. The third kappa shape index (κ3) is 5.90. The molecule has 0 radical (unpaired) electrons. The van der Waals surface area contributed by atoms with Crippen molar-refractivity contribution in [2.75, 3.05) is 26.2 Å². The van der Waals surface area contributed by atoms with Crippen molar-refractivity contribution in [3.05, 3.63) is 0 Å². The van der Waals surface area contributed by atoms with Crippen LogP contribution in [0.3, 0.4) is 0 Å². The largest absolute Gasteiger partial charge is 0.379 e. The van der Waals surface area contributed by atoms with Gasteiger partial charge in [-0.1, -0.05) is 13.3 Å². The molecule has 0 bridgehead atoms. The monoisotopic (exact) mass is 284 g/mol. The molecule has 1 rings (SSSR count). The van der Waals surface area contributed by atoms with E-state index in [1.54, 1.807) is 0 Å². The summed E-state index contributed by atoms with van der Waals surface area (Å²) in [5.41, 5.74) is 0. The first-order valence-corrected chi connectivity index (χ1v) is 7.71. The molecule has 1 heterocycles. The third-order valence-corrected chi connectivity index (χ3v) is 3.44. The Hall–Kier alpha value is -1.10. The number of nitrogens with one attached hydrogen (secondary N) is 1. The molecule has 0 aromatic carbocycles. The molecule has 5 nitrogen and oxygen atoms in total. The van der Waals surface area contributed by atoms with Gasteiger partial charge in [-0.2, -0.15) is 0 Å². The molecule has 1 unspecified atom stereocenters. The molecule has 1 aliphatic rings. The predicted molar refractivity (Wildman–Crippen MR) is 78.3 cm³/mol. The van der Waals surface area contributed by atoms with Crippen molar-refractivity contribution in [1.29, 1.82) is 0 Å². The lowest BCUT2D eigenvalue weighted by Crippen LogP contribution is -2.34. The number of hydrogen-bond acceptors (Lipinski definition) is 3. The second-order valence-corrected chi connectivity index (χ2v) is 5.66. The van der Waals surface area contributed by atoms with Gasteiger partial charge in [-0.15, -0.1) is 0 Å². The highest BCUT2D eigenvalue weighted by atomic mass is 16.5. The number of likely N-dealkylation sites (tertiary alicyclic amines) is 1. The van der Waals surface area contributed by atoms with Crippen LogP contribution in [-0.2, 0) is 14.3 Å². The number of unbranched alkanes of at least 4 members (excludes halogenated alkanes) is 1. The number of ether oxygens (including phenoxy) is 1. The average molecular weight is 284 g/mol. The van der Waals surface area contributed by atoms with Crippen LogP contribution >= 0.6 is 0 Å². The molecule has 5 heteroatoms. The van der Waals surface area contributed by atoms with Crippen LogP contribution in [0.15, 0.2) is 0 Å². The smallest absolute Gasteiger partial charge is 0.225 e. The molecule has 1 fully saturated rings. The Balaban J connectivity index is 2.19. The van der Waals surface area contributed by atoms with Gasteiger partial charge in [0.1, 0.15) is 0 Å². The van der Waals surface area contributed by atoms with Crippen molar-refractivity contribution < 1.29 is 14.3 Å². The Kier molecular flexibility index (Phi) is 7.59. The molecule has 2 amide bonds. The van der Waals surface area contributed by atoms with Crippen molar-refractivity contribution >= 4 is 11.8 Å². The maximum absolute atomic E-state index is 12.0. The molecule has 0 aliphatic carbocycles. The van der Waals surface area contributed by atoms with E-state index in [2.05, 4.69) is 12.2 Å². The Labute approximate surface area is 122 Å². The maximum atomic E-state index is 12.0. The summed E-state index contributed by atoms with van der Waals surface area (Å²) in [6.45, 7) is 8.72. The van der Waals surface area contributed by atoms with Crippen LogP contribution in [0.5, 0.6) is 0 Å². The van der Waals surface area contributed by atoms with Gasteiger partial charge in [0.05, 0.1) is 12.0 Å². The van der Waals surface area contributed by atoms with E-state index < -0.39 is 0 Å². The van der Waals surface area contributed by atoms with Gasteiger partial charge in [0.2, 0.25) is 11.8 Å². The van der Waals surface area contributed by atoms with Crippen molar-refractivity contribution in [2.24, 2.45) is 5.92 Å². The zero-order valence-electron chi connectivity index (χ0n) is 13.0. The van der Waals surface area contributed by atoms with E-state index in [0.29, 0.717) is 26.1 Å². The summed E-state index contributed by atoms with van der Waals surface area (Å²) < 4.78 is 5.41. The number of carbonyl (C=O) groups is 2. The molecule has 1 atom stereocenters. The molecule has 0 saturated carbocycles. The van der Waals surface area contributed by atoms with Gasteiger partial charge in [0.25, 0.3) is 0 Å². The molecule has 1 aliphatic heterocycles. The van der Waals surface area contributed by atoms with Crippen LogP contribution in [0.2, 0.25) is 0 Å². The normalized spacial score (nSPS) is 18.9. The van der Waals surface area contributed by atoms with E-state index in [4.69, 9.17) is 4.74 Å². The van der Waals surface area contributed by atoms with E-state index in [1.807, 2.05) is 18.7 Å². The van der Waals surface area contributed by atoms with Crippen LogP contribution < -0.4 is 5.32 Å². The minimum absolute atomic E-state index is 0.00176. The highest BCUT2D eigenvalue weighted by Crippen LogP contribution is 2.18. The quantitative estimate of drug-likeness (QED) is 0.654. The van der Waals surface area contributed by atoms with Crippen LogP contribution in [0.4, 0.5) is 0 Å². The number of rotatable bonds is 9. The fourth-order valence-electron chi connectivity index (χ4n) is 2.26. The molecular weight excluding hydrogens is 256 g/mol. The average Bonchev–Trinajstić information content (AvgIpc) is 2.77. The lowest BCUT2D eigenvalue weighted by molar-refractivity contribution is -0.129. The highest BCUT2D eigenvalue weighted by Gasteiger charge is 2.33. The molecule has 1 saturated heterocycles. The van der Waals surface area contributed by atoms with E-state index in [1.165, 1.54) is 0 Å². The van der Waals surface area contributed by atoms with Gasteiger partial charge >= 0.3 is 0 Å². The molecule has 0 aromatic rings. The van der Waals surface area contributed by atoms with Crippen molar-refractivity contribution in [3.63, 3.8) is 0 Å². The molecule has 20 heavy (non-hydrogen) atoms.